The molecule has 1 atom stereocenters. The first kappa shape index (κ1) is 19.3. The maximum atomic E-state index is 12.5. The number of amides is 1. The lowest BCUT2D eigenvalue weighted by Crippen LogP contribution is -2.15. The zero-order chi connectivity index (χ0) is 20.4. The molecule has 0 aliphatic rings. The zero-order valence-electron chi connectivity index (χ0n) is 16.2. The van der Waals surface area contributed by atoms with Crippen molar-refractivity contribution in [2.24, 2.45) is 0 Å². The van der Waals surface area contributed by atoms with Gasteiger partial charge in [0.1, 0.15) is 11.3 Å². The first-order valence-electron chi connectivity index (χ1n) is 8.89. The summed E-state index contributed by atoms with van der Waals surface area (Å²) >= 11 is 0. The number of carbonyl (C=O) groups is 2. The number of rotatable bonds is 6. The summed E-state index contributed by atoms with van der Waals surface area (Å²) in [5, 5.41) is 20.1. The quantitative estimate of drug-likeness (QED) is 0.674. The van der Waals surface area contributed by atoms with Gasteiger partial charge in [0.05, 0.1) is 23.3 Å². The average molecular weight is 382 g/mol. The van der Waals surface area contributed by atoms with Crippen molar-refractivity contribution in [3.63, 3.8) is 0 Å². The van der Waals surface area contributed by atoms with Crippen LogP contribution in [0.1, 0.15) is 52.3 Å². The van der Waals surface area contributed by atoms with Gasteiger partial charge in [-0.3, -0.25) is 4.79 Å². The van der Waals surface area contributed by atoms with Crippen LogP contribution >= 0.6 is 0 Å². The third kappa shape index (κ3) is 3.80. The standard InChI is InChI=1S/C20H22N4O4/c1-11(19-12(2)23-28-14(19)4)8-18(25)22-15-6-5-7-16(9-15)24-13(3)17(10-21-24)20(26)27/h5-7,9-11H,8H2,1-4H3,(H,22,25)(H,26,27). The van der Waals surface area contributed by atoms with Gasteiger partial charge in [0, 0.05) is 17.7 Å². The fourth-order valence-corrected chi connectivity index (χ4v) is 3.38. The number of nitrogens with one attached hydrogen (secondary N) is 1. The van der Waals surface area contributed by atoms with E-state index in [4.69, 9.17) is 4.52 Å². The van der Waals surface area contributed by atoms with Crippen LogP contribution in [0.2, 0.25) is 0 Å². The molecule has 0 fully saturated rings. The fraction of sp³-hybridized carbons (Fsp3) is 0.300. The maximum absolute atomic E-state index is 12.5. The van der Waals surface area contributed by atoms with E-state index in [1.54, 1.807) is 31.2 Å². The minimum absolute atomic E-state index is 0.0269. The molecule has 0 bridgehead atoms. The summed E-state index contributed by atoms with van der Waals surface area (Å²) in [6.45, 7) is 7.35. The molecule has 0 aliphatic carbocycles. The number of carboxylic acids is 1. The number of carbonyl (C=O) groups excluding carboxylic acids is 1. The lowest BCUT2D eigenvalue weighted by atomic mass is 9.96. The Hall–Kier alpha value is -3.42. The second-order valence-electron chi connectivity index (χ2n) is 6.80. The van der Waals surface area contributed by atoms with Gasteiger partial charge >= 0.3 is 5.97 Å². The Kier molecular flexibility index (Phi) is 5.30. The van der Waals surface area contributed by atoms with Crippen LogP contribution in [0.15, 0.2) is 35.0 Å². The van der Waals surface area contributed by atoms with Crippen LogP contribution in [0, 0.1) is 20.8 Å². The van der Waals surface area contributed by atoms with Gasteiger partial charge in [0.15, 0.2) is 0 Å². The summed E-state index contributed by atoms with van der Waals surface area (Å²) in [7, 11) is 0. The van der Waals surface area contributed by atoms with Crippen LogP contribution in [0.5, 0.6) is 0 Å². The lowest BCUT2D eigenvalue weighted by Gasteiger charge is -2.12. The number of nitrogens with zero attached hydrogens (tertiary/aromatic N) is 3. The van der Waals surface area contributed by atoms with Crippen LogP contribution in [-0.2, 0) is 4.79 Å². The number of anilines is 1. The van der Waals surface area contributed by atoms with E-state index < -0.39 is 5.97 Å². The summed E-state index contributed by atoms with van der Waals surface area (Å²) in [6, 6.07) is 7.11. The van der Waals surface area contributed by atoms with Gasteiger partial charge in [0.2, 0.25) is 5.91 Å². The number of aryl methyl sites for hydroxylation is 2. The molecule has 2 aromatic heterocycles. The highest BCUT2D eigenvalue weighted by molar-refractivity contribution is 5.91. The third-order valence-electron chi connectivity index (χ3n) is 4.69. The van der Waals surface area contributed by atoms with Gasteiger partial charge < -0.3 is 14.9 Å². The normalized spacial score (nSPS) is 12.0. The summed E-state index contributed by atoms with van der Waals surface area (Å²) in [5.74, 6) is -0.460. The second kappa shape index (κ2) is 7.67. The van der Waals surface area contributed by atoms with Crippen molar-refractivity contribution in [3.05, 3.63) is 58.7 Å². The van der Waals surface area contributed by atoms with E-state index in [-0.39, 0.29) is 23.8 Å². The molecule has 1 unspecified atom stereocenters. The molecule has 0 aliphatic heterocycles. The highest BCUT2D eigenvalue weighted by atomic mass is 16.5. The number of aromatic carboxylic acids is 1. The van der Waals surface area contributed by atoms with Crippen molar-refractivity contribution in [1.82, 2.24) is 14.9 Å². The van der Waals surface area contributed by atoms with E-state index in [1.165, 1.54) is 10.9 Å². The minimum atomic E-state index is -1.03. The Morgan fingerprint density at radius 1 is 1.29 bits per heavy atom. The zero-order valence-corrected chi connectivity index (χ0v) is 16.2. The second-order valence-corrected chi connectivity index (χ2v) is 6.80. The molecule has 146 valence electrons. The van der Waals surface area contributed by atoms with Crippen molar-refractivity contribution in [3.8, 4) is 5.69 Å². The highest BCUT2D eigenvalue weighted by Gasteiger charge is 2.19. The molecule has 0 saturated carbocycles. The number of benzene rings is 1. The maximum Gasteiger partial charge on any atom is 0.339 e. The molecule has 0 spiro atoms. The summed E-state index contributed by atoms with van der Waals surface area (Å²) < 4.78 is 6.71. The molecule has 2 N–H and O–H groups in total. The topological polar surface area (TPSA) is 110 Å². The van der Waals surface area contributed by atoms with Gasteiger partial charge in [-0.25, -0.2) is 9.48 Å². The molecule has 1 amide bonds. The predicted molar refractivity (Wildman–Crippen MR) is 103 cm³/mol. The predicted octanol–water partition coefficient (Wildman–Crippen LogP) is 3.62. The van der Waals surface area contributed by atoms with Gasteiger partial charge in [-0.2, -0.15) is 5.10 Å². The van der Waals surface area contributed by atoms with Crippen LogP contribution in [0.3, 0.4) is 0 Å². The highest BCUT2D eigenvalue weighted by Crippen LogP contribution is 2.26. The molecule has 3 rings (SSSR count). The Morgan fingerprint density at radius 2 is 2.04 bits per heavy atom. The van der Waals surface area contributed by atoms with Crippen molar-refractivity contribution >= 4 is 17.6 Å². The van der Waals surface area contributed by atoms with Gasteiger partial charge in [-0.1, -0.05) is 18.1 Å². The smallest absolute Gasteiger partial charge is 0.339 e. The molecular formula is C20H22N4O4. The first-order chi connectivity index (χ1) is 13.3. The number of carboxylic acid groups (broad SMARTS) is 1. The summed E-state index contributed by atoms with van der Waals surface area (Å²) in [4.78, 5) is 23.7. The first-order valence-corrected chi connectivity index (χ1v) is 8.89. The molecule has 3 aromatic rings. The Morgan fingerprint density at radius 3 is 2.64 bits per heavy atom. The fourth-order valence-electron chi connectivity index (χ4n) is 3.38. The van der Waals surface area contributed by atoms with E-state index in [0.717, 1.165) is 17.0 Å². The van der Waals surface area contributed by atoms with Gasteiger partial charge in [-0.05, 0) is 44.9 Å². The largest absolute Gasteiger partial charge is 0.478 e. The molecule has 8 heteroatoms. The van der Waals surface area contributed by atoms with Crippen LogP contribution in [0.4, 0.5) is 5.69 Å². The van der Waals surface area contributed by atoms with E-state index in [9.17, 15) is 14.7 Å². The van der Waals surface area contributed by atoms with Crippen LogP contribution in [-0.4, -0.2) is 31.9 Å². The Balaban J connectivity index is 1.74. The molecule has 1 aromatic carbocycles. The van der Waals surface area contributed by atoms with Crippen LogP contribution < -0.4 is 5.32 Å². The number of hydrogen-bond acceptors (Lipinski definition) is 5. The van der Waals surface area contributed by atoms with Crippen molar-refractivity contribution in [2.45, 2.75) is 40.0 Å². The molecule has 2 heterocycles. The van der Waals surface area contributed by atoms with Crippen molar-refractivity contribution < 1.29 is 19.2 Å². The van der Waals surface area contributed by atoms with E-state index in [2.05, 4.69) is 15.6 Å². The molecule has 8 nitrogen and oxygen atoms in total. The summed E-state index contributed by atoms with van der Waals surface area (Å²) in [6.07, 6.45) is 1.60. The summed E-state index contributed by atoms with van der Waals surface area (Å²) in [5.41, 5.74) is 3.69. The third-order valence-corrected chi connectivity index (χ3v) is 4.69. The Labute approximate surface area is 162 Å². The minimum Gasteiger partial charge on any atom is -0.478 e. The number of aromatic nitrogens is 3. The molecule has 28 heavy (non-hydrogen) atoms. The van der Waals surface area contributed by atoms with Crippen molar-refractivity contribution in [2.75, 3.05) is 5.32 Å². The van der Waals surface area contributed by atoms with E-state index in [1.807, 2.05) is 20.8 Å². The van der Waals surface area contributed by atoms with Crippen LogP contribution in [0.25, 0.3) is 5.69 Å². The SMILES string of the molecule is Cc1noc(C)c1C(C)CC(=O)Nc1cccc(-n2ncc(C(=O)O)c2C)c1. The van der Waals surface area contributed by atoms with Gasteiger partial charge in [-0.15, -0.1) is 0 Å². The monoisotopic (exact) mass is 382 g/mol. The molecule has 0 saturated heterocycles. The number of hydrogen-bond donors (Lipinski definition) is 2. The van der Waals surface area contributed by atoms with E-state index >= 15 is 0 Å². The van der Waals surface area contributed by atoms with Crippen molar-refractivity contribution in [1.29, 1.82) is 0 Å². The molecular weight excluding hydrogens is 360 g/mol. The van der Waals surface area contributed by atoms with E-state index in [0.29, 0.717) is 17.1 Å². The Bertz CT molecular complexity index is 1020. The lowest BCUT2D eigenvalue weighted by molar-refractivity contribution is -0.116. The molecule has 0 radical (unpaired) electrons. The van der Waals surface area contributed by atoms with Gasteiger partial charge in [0.25, 0.3) is 0 Å². The average Bonchev–Trinajstić information content (AvgIpc) is 3.17.